The van der Waals surface area contributed by atoms with Gasteiger partial charge in [-0.15, -0.1) is 0 Å². The Morgan fingerprint density at radius 1 is 1.73 bits per heavy atom. The van der Waals surface area contributed by atoms with Crippen molar-refractivity contribution >= 4 is 21.8 Å². The highest BCUT2D eigenvalue weighted by atomic mass is 79.9. The molecule has 15 heavy (non-hydrogen) atoms. The Morgan fingerprint density at radius 2 is 2.33 bits per heavy atom. The molecule has 4 nitrogen and oxygen atoms in total. The lowest BCUT2D eigenvalue weighted by molar-refractivity contribution is 0.0757. The zero-order valence-electron chi connectivity index (χ0n) is 9.49. The molecule has 1 aromatic rings. The van der Waals surface area contributed by atoms with E-state index in [0.29, 0.717) is 5.56 Å². The molecule has 0 aliphatic rings. The Kier molecular flexibility index (Phi) is 3.90. The largest absolute Gasteiger partial charge is 0.338 e. The molecule has 0 bridgehead atoms. The second-order valence-electron chi connectivity index (χ2n) is 3.69. The van der Waals surface area contributed by atoms with Crippen LogP contribution in [0.25, 0.3) is 0 Å². The van der Waals surface area contributed by atoms with Gasteiger partial charge in [-0.25, -0.2) is 0 Å². The molecule has 1 atom stereocenters. The van der Waals surface area contributed by atoms with E-state index in [1.165, 1.54) is 0 Å². The third-order valence-corrected chi connectivity index (χ3v) is 3.61. The van der Waals surface area contributed by atoms with Crippen molar-refractivity contribution in [3.8, 4) is 0 Å². The summed E-state index contributed by atoms with van der Waals surface area (Å²) in [6.45, 7) is 3.89. The molecule has 0 N–H and O–H groups in total. The molecular weight excluding hydrogens is 258 g/mol. The van der Waals surface area contributed by atoms with Crippen LogP contribution in [0, 0.1) is 6.92 Å². The van der Waals surface area contributed by atoms with Crippen LogP contribution in [-0.4, -0.2) is 39.0 Å². The number of hydrogen-bond donors (Lipinski definition) is 0. The lowest BCUT2D eigenvalue weighted by atomic mass is 10.2. The van der Waals surface area contributed by atoms with Gasteiger partial charge >= 0.3 is 0 Å². The Hall–Kier alpha value is -0.840. The van der Waals surface area contributed by atoms with Gasteiger partial charge in [0, 0.05) is 31.2 Å². The fourth-order valence-corrected chi connectivity index (χ4v) is 1.64. The minimum Gasteiger partial charge on any atom is -0.338 e. The maximum absolute atomic E-state index is 12.0. The average Bonchev–Trinajstić information content (AvgIpc) is 2.56. The lowest BCUT2D eigenvalue weighted by Gasteiger charge is -2.22. The zero-order chi connectivity index (χ0) is 11.6. The molecule has 84 valence electrons. The van der Waals surface area contributed by atoms with Gasteiger partial charge in [0.2, 0.25) is 0 Å². The molecule has 0 aliphatic heterocycles. The van der Waals surface area contributed by atoms with Crippen molar-refractivity contribution in [2.75, 3.05) is 12.4 Å². The number of halogens is 1. The van der Waals surface area contributed by atoms with E-state index in [2.05, 4.69) is 21.0 Å². The maximum Gasteiger partial charge on any atom is 0.257 e. The van der Waals surface area contributed by atoms with Crippen LogP contribution < -0.4 is 0 Å². The molecule has 1 rings (SSSR count). The average molecular weight is 274 g/mol. The highest BCUT2D eigenvalue weighted by Gasteiger charge is 2.20. The first-order valence-corrected chi connectivity index (χ1v) is 5.93. The van der Waals surface area contributed by atoms with Crippen LogP contribution in [0.15, 0.2) is 6.20 Å². The predicted octanol–water partition coefficient (Wildman–Crippen LogP) is 1.58. The predicted molar refractivity (Wildman–Crippen MR) is 63.3 cm³/mol. The number of hydrogen-bond acceptors (Lipinski definition) is 2. The molecule has 0 saturated carbocycles. The number of rotatable bonds is 3. The summed E-state index contributed by atoms with van der Waals surface area (Å²) >= 11 is 3.37. The maximum atomic E-state index is 12.0. The summed E-state index contributed by atoms with van der Waals surface area (Å²) < 4.78 is 1.71. The molecule has 0 aromatic carbocycles. The Labute approximate surface area is 98.4 Å². The SMILES string of the molecule is Cc1c(C(=O)N(C)C(C)CBr)cnn1C. The molecule has 0 radical (unpaired) electrons. The number of alkyl halides is 1. The van der Waals surface area contributed by atoms with Crippen LogP contribution in [0.1, 0.15) is 23.0 Å². The second kappa shape index (κ2) is 4.79. The third kappa shape index (κ3) is 2.40. The molecule has 0 saturated heterocycles. The normalized spacial score (nSPS) is 12.6. The molecule has 0 fully saturated rings. The highest BCUT2D eigenvalue weighted by Crippen LogP contribution is 2.11. The van der Waals surface area contributed by atoms with Crippen LogP contribution >= 0.6 is 15.9 Å². The van der Waals surface area contributed by atoms with Gasteiger partial charge in [-0.1, -0.05) is 15.9 Å². The zero-order valence-corrected chi connectivity index (χ0v) is 11.1. The molecule has 1 heterocycles. The van der Waals surface area contributed by atoms with Gasteiger partial charge < -0.3 is 4.90 Å². The van der Waals surface area contributed by atoms with E-state index >= 15 is 0 Å². The second-order valence-corrected chi connectivity index (χ2v) is 4.33. The quantitative estimate of drug-likeness (QED) is 0.785. The number of amides is 1. The minimum atomic E-state index is 0.0209. The smallest absolute Gasteiger partial charge is 0.257 e. The van der Waals surface area contributed by atoms with Crippen molar-refractivity contribution in [3.63, 3.8) is 0 Å². The van der Waals surface area contributed by atoms with E-state index in [4.69, 9.17) is 0 Å². The lowest BCUT2D eigenvalue weighted by Crippen LogP contribution is -2.36. The summed E-state index contributed by atoms with van der Waals surface area (Å²) in [5.41, 5.74) is 1.57. The minimum absolute atomic E-state index is 0.0209. The summed E-state index contributed by atoms with van der Waals surface area (Å²) in [7, 11) is 3.64. The molecule has 0 spiro atoms. The molecule has 5 heteroatoms. The van der Waals surface area contributed by atoms with Crippen molar-refractivity contribution in [2.24, 2.45) is 7.05 Å². The van der Waals surface area contributed by atoms with Crippen molar-refractivity contribution in [3.05, 3.63) is 17.5 Å². The number of carbonyl (C=O) groups excluding carboxylic acids is 1. The van der Waals surface area contributed by atoms with Crippen LogP contribution in [0.4, 0.5) is 0 Å². The molecular formula is C10H16BrN3O. The highest BCUT2D eigenvalue weighted by molar-refractivity contribution is 9.09. The van der Waals surface area contributed by atoms with Gasteiger partial charge in [-0.2, -0.15) is 5.10 Å². The van der Waals surface area contributed by atoms with Crippen molar-refractivity contribution in [1.82, 2.24) is 14.7 Å². The number of aromatic nitrogens is 2. The first-order chi connectivity index (χ1) is 6.99. The van der Waals surface area contributed by atoms with Gasteiger partial charge in [-0.3, -0.25) is 9.48 Å². The Balaban J connectivity index is 2.90. The van der Waals surface area contributed by atoms with Gasteiger partial charge in [0.1, 0.15) is 0 Å². The molecule has 0 aliphatic carbocycles. The van der Waals surface area contributed by atoms with Crippen LogP contribution in [0.2, 0.25) is 0 Å². The van der Waals surface area contributed by atoms with E-state index in [1.807, 2.05) is 20.9 Å². The van der Waals surface area contributed by atoms with E-state index in [1.54, 1.807) is 22.8 Å². The Bertz CT molecular complexity index is 362. The summed E-state index contributed by atoms with van der Waals surface area (Å²) in [6, 6.07) is 0.178. The monoisotopic (exact) mass is 273 g/mol. The van der Waals surface area contributed by atoms with Gasteiger partial charge in [-0.05, 0) is 13.8 Å². The summed E-state index contributed by atoms with van der Waals surface area (Å²) in [5.74, 6) is 0.0209. The van der Waals surface area contributed by atoms with Gasteiger partial charge in [0.25, 0.3) is 5.91 Å². The number of nitrogens with zero attached hydrogens (tertiary/aromatic N) is 3. The molecule has 1 amide bonds. The third-order valence-electron chi connectivity index (χ3n) is 2.67. The standard InChI is InChI=1S/C10H16BrN3O/c1-7(5-11)13(3)10(15)9-6-12-14(4)8(9)2/h6-7H,5H2,1-4H3. The van der Waals surface area contributed by atoms with Crippen molar-refractivity contribution in [2.45, 2.75) is 19.9 Å². The van der Waals surface area contributed by atoms with E-state index in [-0.39, 0.29) is 11.9 Å². The molecule has 1 aromatic heterocycles. The van der Waals surface area contributed by atoms with E-state index < -0.39 is 0 Å². The van der Waals surface area contributed by atoms with Crippen molar-refractivity contribution in [1.29, 1.82) is 0 Å². The van der Waals surface area contributed by atoms with Gasteiger partial charge in [0.05, 0.1) is 11.8 Å². The summed E-state index contributed by atoms with van der Waals surface area (Å²) in [4.78, 5) is 13.8. The Morgan fingerprint density at radius 3 is 2.73 bits per heavy atom. The summed E-state index contributed by atoms with van der Waals surface area (Å²) in [5, 5.41) is 4.83. The van der Waals surface area contributed by atoms with Crippen LogP contribution in [0.3, 0.4) is 0 Å². The van der Waals surface area contributed by atoms with Gasteiger partial charge in [0.15, 0.2) is 0 Å². The number of aryl methyl sites for hydroxylation is 1. The number of carbonyl (C=O) groups is 1. The summed E-state index contributed by atoms with van der Waals surface area (Å²) in [6.07, 6.45) is 1.62. The first-order valence-electron chi connectivity index (χ1n) is 4.80. The van der Waals surface area contributed by atoms with E-state index in [9.17, 15) is 4.79 Å². The topological polar surface area (TPSA) is 38.1 Å². The fourth-order valence-electron chi connectivity index (χ4n) is 1.20. The van der Waals surface area contributed by atoms with Crippen LogP contribution in [-0.2, 0) is 7.05 Å². The van der Waals surface area contributed by atoms with E-state index in [0.717, 1.165) is 11.0 Å². The molecule has 1 unspecified atom stereocenters. The van der Waals surface area contributed by atoms with Crippen molar-refractivity contribution < 1.29 is 4.79 Å². The first kappa shape index (κ1) is 12.2. The van der Waals surface area contributed by atoms with Crippen LogP contribution in [0.5, 0.6) is 0 Å². The fraction of sp³-hybridized carbons (Fsp3) is 0.600.